The minimum Gasteiger partial charge on any atom is -0.481 e. The van der Waals surface area contributed by atoms with Crippen LogP contribution >= 0.6 is 0 Å². The third-order valence-electron chi connectivity index (χ3n) is 2.59. The SMILES string of the molecule is CC(CCC(=O)O)N1CCC(O)C1. The van der Waals surface area contributed by atoms with E-state index in [1.807, 2.05) is 6.92 Å². The van der Waals surface area contributed by atoms with Crippen molar-refractivity contribution in [3.8, 4) is 0 Å². The van der Waals surface area contributed by atoms with Gasteiger partial charge in [-0.1, -0.05) is 0 Å². The van der Waals surface area contributed by atoms with E-state index in [1.54, 1.807) is 0 Å². The highest BCUT2D eigenvalue weighted by molar-refractivity contribution is 5.66. The van der Waals surface area contributed by atoms with E-state index >= 15 is 0 Å². The fourth-order valence-electron chi connectivity index (χ4n) is 1.68. The van der Waals surface area contributed by atoms with Crippen molar-refractivity contribution in [1.82, 2.24) is 4.90 Å². The van der Waals surface area contributed by atoms with Crippen LogP contribution in [0.2, 0.25) is 0 Å². The number of carboxylic acids is 1. The summed E-state index contributed by atoms with van der Waals surface area (Å²) in [5.74, 6) is -0.744. The first-order chi connectivity index (χ1) is 6.09. The lowest BCUT2D eigenvalue weighted by molar-refractivity contribution is -0.137. The number of carbonyl (C=O) groups is 1. The molecule has 0 aliphatic carbocycles. The van der Waals surface area contributed by atoms with Gasteiger partial charge in [0.25, 0.3) is 0 Å². The van der Waals surface area contributed by atoms with Gasteiger partial charge in [-0.25, -0.2) is 0 Å². The second-order valence-corrected chi connectivity index (χ2v) is 3.72. The summed E-state index contributed by atoms with van der Waals surface area (Å²) < 4.78 is 0. The number of β-amino-alcohol motifs (C(OH)–C–C–N with tert-alkyl or cyclic N) is 1. The molecule has 4 heteroatoms. The topological polar surface area (TPSA) is 60.8 Å². The molecule has 1 aliphatic heterocycles. The zero-order valence-corrected chi connectivity index (χ0v) is 7.94. The van der Waals surface area contributed by atoms with Crippen molar-refractivity contribution in [2.75, 3.05) is 13.1 Å². The molecular weight excluding hydrogens is 170 g/mol. The standard InChI is InChI=1S/C9H17NO3/c1-7(2-3-9(12)13)10-5-4-8(11)6-10/h7-8,11H,2-6H2,1H3,(H,12,13). The van der Waals surface area contributed by atoms with Crippen LogP contribution in [-0.2, 0) is 4.79 Å². The molecule has 2 N–H and O–H groups in total. The fourth-order valence-corrected chi connectivity index (χ4v) is 1.68. The maximum atomic E-state index is 10.3. The Morgan fingerprint density at radius 3 is 2.85 bits per heavy atom. The van der Waals surface area contributed by atoms with E-state index in [1.165, 1.54) is 0 Å². The molecule has 4 nitrogen and oxygen atoms in total. The molecule has 0 radical (unpaired) electrons. The minimum absolute atomic E-state index is 0.215. The van der Waals surface area contributed by atoms with Crippen LogP contribution in [0.25, 0.3) is 0 Å². The molecule has 0 spiro atoms. The van der Waals surface area contributed by atoms with Crippen LogP contribution in [-0.4, -0.2) is 46.3 Å². The fraction of sp³-hybridized carbons (Fsp3) is 0.889. The number of aliphatic hydroxyl groups excluding tert-OH is 1. The molecule has 0 aromatic carbocycles. The summed E-state index contributed by atoms with van der Waals surface area (Å²) >= 11 is 0. The highest BCUT2D eigenvalue weighted by Gasteiger charge is 2.24. The Kier molecular flexibility index (Phi) is 3.69. The minimum atomic E-state index is -0.744. The van der Waals surface area contributed by atoms with Crippen molar-refractivity contribution in [3.63, 3.8) is 0 Å². The van der Waals surface area contributed by atoms with Gasteiger partial charge in [-0.05, 0) is 19.8 Å². The number of likely N-dealkylation sites (tertiary alicyclic amines) is 1. The summed E-state index contributed by atoms with van der Waals surface area (Å²) in [5.41, 5.74) is 0. The molecule has 1 saturated heterocycles. The Balaban J connectivity index is 2.23. The summed E-state index contributed by atoms with van der Waals surface area (Å²) in [4.78, 5) is 12.5. The third-order valence-corrected chi connectivity index (χ3v) is 2.59. The van der Waals surface area contributed by atoms with E-state index in [2.05, 4.69) is 4.90 Å². The molecule has 76 valence electrons. The number of carboxylic acid groups (broad SMARTS) is 1. The molecular formula is C9H17NO3. The predicted octanol–water partition coefficient (Wildman–Crippen LogP) is 0.306. The lowest BCUT2D eigenvalue weighted by atomic mass is 10.1. The Labute approximate surface area is 78.2 Å². The molecule has 2 unspecified atom stereocenters. The van der Waals surface area contributed by atoms with Gasteiger partial charge in [-0.15, -0.1) is 0 Å². The zero-order valence-electron chi connectivity index (χ0n) is 7.94. The predicted molar refractivity (Wildman–Crippen MR) is 48.5 cm³/mol. The average molecular weight is 187 g/mol. The summed E-state index contributed by atoms with van der Waals surface area (Å²) in [6, 6.07) is 0.272. The second-order valence-electron chi connectivity index (χ2n) is 3.72. The molecule has 0 bridgehead atoms. The van der Waals surface area contributed by atoms with Crippen molar-refractivity contribution >= 4 is 5.97 Å². The van der Waals surface area contributed by atoms with E-state index in [-0.39, 0.29) is 18.6 Å². The van der Waals surface area contributed by atoms with Gasteiger partial charge in [0.15, 0.2) is 0 Å². The number of hydrogen-bond acceptors (Lipinski definition) is 3. The van der Waals surface area contributed by atoms with Crippen LogP contribution < -0.4 is 0 Å². The molecule has 13 heavy (non-hydrogen) atoms. The van der Waals surface area contributed by atoms with E-state index in [4.69, 9.17) is 5.11 Å². The summed E-state index contributed by atoms with van der Waals surface area (Å²) in [6.45, 7) is 3.60. The summed E-state index contributed by atoms with van der Waals surface area (Å²) in [5, 5.41) is 17.8. The van der Waals surface area contributed by atoms with Crippen LogP contribution in [0.1, 0.15) is 26.2 Å². The molecule has 1 rings (SSSR count). The van der Waals surface area contributed by atoms with Crippen LogP contribution in [0.3, 0.4) is 0 Å². The van der Waals surface area contributed by atoms with Gasteiger partial charge in [0.1, 0.15) is 0 Å². The monoisotopic (exact) mass is 187 g/mol. The Morgan fingerprint density at radius 1 is 1.69 bits per heavy atom. The number of rotatable bonds is 4. The smallest absolute Gasteiger partial charge is 0.303 e. The molecule has 0 aromatic heterocycles. The van der Waals surface area contributed by atoms with Crippen molar-refractivity contribution in [1.29, 1.82) is 0 Å². The molecule has 0 saturated carbocycles. The van der Waals surface area contributed by atoms with Crippen molar-refractivity contribution < 1.29 is 15.0 Å². The highest BCUT2D eigenvalue weighted by atomic mass is 16.4. The van der Waals surface area contributed by atoms with Gasteiger partial charge < -0.3 is 10.2 Å². The normalized spacial score (nSPS) is 26.2. The summed E-state index contributed by atoms with van der Waals surface area (Å²) in [6.07, 6.45) is 1.49. The average Bonchev–Trinajstić information content (AvgIpc) is 2.47. The number of aliphatic hydroxyl groups is 1. The van der Waals surface area contributed by atoms with Gasteiger partial charge in [0, 0.05) is 25.6 Å². The van der Waals surface area contributed by atoms with Crippen molar-refractivity contribution in [3.05, 3.63) is 0 Å². The van der Waals surface area contributed by atoms with Crippen LogP contribution in [0.4, 0.5) is 0 Å². The Bertz CT molecular complexity index is 184. The van der Waals surface area contributed by atoms with E-state index < -0.39 is 5.97 Å². The van der Waals surface area contributed by atoms with Gasteiger partial charge in [-0.3, -0.25) is 9.69 Å². The van der Waals surface area contributed by atoms with Crippen molar-refractivity contribution in [2.45, 2.75) is 38.3 Å². The number of aliphatic carboxylic acids is 1. The molecule has 0 aromatic rings. The maximum absolute atomic E-state index is 10.3. The van der Waals surface area contributed by atoms with E-state index in [9.17, 15) is 9.90 Å². The van der Waals surface area contributed by atoms with Gasteiger partial charge in [-0.2, -0.15) is 0 Å². The quantitative estimate of drug-likeness (QED) is 0.665. The summed E-state index contributed by atoms with van der Waals surface area (Å²) in [7, 11) is 0. The zero-order chi connectivity index (χ0) is 9.84. The van der Waals surface area contributed by atoms with E-state index in [0.717, 1.165) is 13.0 Å². The van der Waals surface area contributed by atoms with Gasteiger partial charge in [0.2, 0.25) is 0 Å². The molecule has 1 fully saturated rings. The Hall–Kier alpha value is -0.610. The largest absolute Gasteiger partial charge is 0.481 e. The Morgan fingerprint density at radius 2 is 2.38 bits per heavy atom. The number of hydrogen-bond donors (Lipinski definition) is 2. The lowest BCUT2D eigenvalue weighted by Gasteiger charge is -2.22. The third kappa shape index (κ3) is 3.32. The van der Waals surface area contributed by atoms with Gasteiger partial charge >= 0.3 is 5.97 Å². The second kappa shape index (κ2) is 4.58. The van der Waals surface area contributed by atoms with Gasteiger partial charge in [0.05, 0.1) is 6.10 Å². The first-order valence-corrected chi connectivity index (χ1v) is 4.73. The van der Waals surface area contributed by atoms with Crippen molar-refractivity contribution in [2.24, 2.45) is 0 Å². The highest BCUT2D eigenvalue weighted by Crippen LogP contribution is 2.15. The van der Waals surface area contributed by atoms with Crippen LogP contribution in [0, 0.1) is 0 Å². The molecule has 1 heterocycles. The molecule has 0 amide bonds. The van der Waals surface area contributed by atoms with Crippen LogP contribution in [0.5, 0.6) is 0 Å². The number of nitrogens with zero attached hydrogens (tertiary/aromatic N) is 1. The maximum Gasteiger partial charge on any atom is 0.303 e. The molecule has 1 aliphatic rings. The lowest BCUT2D eigenvalue weighted by Crippen LogP contribution is -2.32. The van der Waals surface area contributed by atoms with E-state index in [0.29, 0.717) is 13.0 Å². The molecule has 2 atom stereocenters. The first kappa shape index (κ1) is 10.5. The van der Waals surface area contributed by atoms with Crippen LogP contribution in [0.15, 0.2) is 0 Å². The first-order valence-electron chi connectivity index (χ1n) is 4.73.